The Morgan fingerprint density at radius 3 is 2.60 bits per heavy atom. The Balaban J connectivity index is 2.03. The minimum absolute atomic E-state index is 0.0319. The summed E-state index contributed by atoms with van der Waals surface area (Å²) in [4.78, 5) is 24.9. The highest BCUT2D eigenvalue weighted by Gasteiger charge is 2.48. The first-order chi connectivity index (χ1) is 7.02. The molecular formula is C10H17N3O2. The van der Waals surface area contributed by atoms with Crippen LogP contribution in [0.4, 0.5) is 0 Å². The number of nitrogens with one attached hydrogen (secondary N) is 1. The van der Waals surface area contributed by atoms with Crippen molar-refractivity contribution in [2.45, 2.75) is 50.9 Å². The average Bonchev–Trinajstić information content (AvgIpc) is 2.78. The standard InChI is InChI=1S/C10H17N3O2/c1-5-6(2)13(5)10(15)9-7(11)3-4-8(14)12-9/h5-7,9H,3-4,11H2,1-2H3,(H,12,14). The van der Waals surface area contributed by atoms with E-state index < -0.39 is 6.04 Å². The van der Waals surface area contributed by atoms with Crippen molar-refractivity contribution in [2.24, 2.45) is 5.73 Å². The fourth-order valence-electron chi connectivity index (χ4n) is 2.13. The van der Waals surface area contributed by atoms with E-state index in [2.05, 4.69) is 5.32 Å². The molecule has 5 heteroatoms. The first-order valence-electron chi connectivity index (χ1n) is 5.39. The Labute approximate surface area is 89.0 Å². The minimum Gasteiger partial charge on any atom is -0.343 e. The molecular weight excluding hydrogens is 194 g/mol. The van der Waals surface area contributed by atoms with E-state index >= 15 is 0 Å². The number of hydrogen-bond donors (Lipinski definition) is 2. The fourth-order valence-corrected chi connectivity index (χ4v) is 2.13. The van der Waals surface area contributed by atoms with Crippen molar-refractivity contribution in [1.29, 1.82) is 0 Å². The Hall–Kier alpha value is -1.10. The summed E-state index contributed by atoms with van der Waals surface area (Å²) < 4.78 is 0. The summed E-state index contributed by atoms with van der Waals surface area (Å²) in [6, 6.07) is -0.194. The third-order valence-corrected chi connectivity index (χ3v) is 3.46. The van der Waals surface area contributed by atoms with Crippen LogP contribution in [-0.2, 0) is 9.59 Å². The summed E-state index contributed by atoms with van der Waals surface area (Å²) in [6.45, 7) is 4.00. The quantitative estimate of drug-likeness (QED) is 0.558. The summed E-state index contributed by atoms with van der Waals surface area (Å²) >= 11 is 0. The van der Waals surface area contributed by atoms with Crippen molar-refractivity contribution in [3.63, 3.8) is 0 Å². The van der Waals surface area contributed by atoms with E-state index in [1.807, 2.05) is 13.8 Å². The Morgan fingerprint density at radius 1 is 1.47 bits per heavy atom. The summed E-state index contributed by atoms with van der Waals surface area (Å²) in [5.74, 6) is -0.104. The predicted octanol–water partition coefficient (Wildman–Crippen LogP) is -0.788. The van der Waals surface area contributed by atoms with Gasteiger partial charge < -0.3 is 16.0 Å². The van der Waals surface area contributed by atoms with E-state index in [4.69, 9.17) is 5.73 Å². The van der Waals surface area contributed by atoms with Crippen molar-refractivity contribution >= 4 is 11.8 Å². The van der Waals surface area contributed by atoms with Gasteiger partial charge in [0.2, 0.25) is 11.8 Å². The van der Waals surface area contributed by atoms with Gasteiger partial charge in [0.1, 0.15) is 6.04 Å². The molecule has 2 rings (SSSR count). The molecule has 2 aliphatic rings. The van der Waals surface area contributed by atoms with Gasteiger partial charge in [-0.05, 0) is 20.3 Å². The molecule has 0 saturated carbocycles. The SMILES string of the molecule is CC1C(C)N1C(=O)C1NC(=O)CCC1N. The lowest BCUT2D eigenvalue weighted by Crippen LogP contribution is -2.58. The number of nitrogens with zero attached hydrogens (tertiary/aromatic N) is 1. The summed E-state index contributed by atoms with van der Waals surface area (Å²) in [5.41, 5.74) is 5.84. The highest BCUT2D eigenvalue weighted by molar-refractivity contribution is 5.91. The predicted molar refractivity (Wildman–Crippen MR) is 54.9 cm³/mol. The molecule has 5 nitrogen and oxygen atoms in total. The van der Waals surface area contributed by atoms with E-state index in [0.717, 1.165) is 0 Å². The van der Waals surface area contributed by atoms with Gasteiger partial charge in [-0.3, -0.25) is 9.59 Å². The Kier molecular flexibility index (Phi) is 2.42. The second-order valence-electron chi connectivity index (χ2n) is 4.47. The summed E-state index contributed by atoms with van der Waals surface area (Å²) in [7, 11) is 0. The molecule has 4 unspecified atom stereocenters. The van der Waals surface area contributed by atoms with E-state index in [1.54, 1.807) is 4.90 Å². The lowest BCUT2D eigenvalue weighted by Gasteiger charge is -2.28. The molecule has 84 valence electrons. The van der Waals surface area contributed by atoms with E-state index in [9.17, 15) is 9.59 Å². The number of rotatable bonds is 1. The van der Waals surface area contributed by atoms with E-state index in [1.165, 1.54) is 0 Å². The zero-order valence-electron chi connectivity index (χ0n) is 9.06. The molecule has 0 bridgehead atoms. The number of hydrogen-bond acceptors (Lipinski definition) is 3. The van der Waals surface area contributed by atoms with Gasteiger partial charge in [0.05, 0.1) is 0 Å². The van der Waals surface area contributed by atoms with Crippen molar-refractivity contribution in [3.05, 3.63) is 0 Å². The molecule has 0 aliphatic carbocycles. The summed E-state index contributed by atoms with van der Waals surface area (Å²) in [6.07, 6.45) is 1.02. The molecule has 2 aliphatic heterocycles. The summed E-state index contributed by atoms with van der Waals surface area (Å²) in [5, 5.41) is 2.67. The van der Waals surface area contributed by atoms with Crippen molar-refractivity contribution < 1.29 is 9.59 Å². The van der Waals surface area contributed by atoms with Crippen LogP contribution < -0.4 is 11.1 Å². The lowest BCUT2D eigenvalue weighted by atomic mass is 9.98. The van der Waals surface area contributed by atoms with Gasteiger partial charge >= 0.3 is 0 Å². The third-order valence-electron chi connectivity index (χ3n) is 3.46. The van der Waals surface area contributed by atoms with Gasteiger partial charge in [-0.15, -0.1) is 0 Å². The van der Waals surface area contributed by atoms with Crippen LogP contribution in [0.2, 0.25) is 0 Å². The lowest BCUT2D eigenvalue weighted by molar-refractivity contribution is -0.135. The molecule has 3 N–H and O–H groups in total. The Morgan fingerprint density at radius 2 is 2.07 bits per heavy atom. The van der Waals surface area contributed by atoms with Crippen LogP contribution in [0.1, 0.15) is 26.7 Å². The van der Waals surface area contributed by atoms with E-state index in [0.29, 0.717) is 12.8 Å². The van der Waals surface area contributed by atoms with Crippen LogP contribution in [0.3, 0.4) is 0 Å². The first kappa shape index (κ1) is 10.4. The molecule has 4 atom stereocenters. The van der Waals surface area contributed by atoms with Crippen LogP contribution in [-0.4, -0.2) is 40.9 Å². The zero-order valence-corrected chi connectivity index (χ0v) is 9.06. The second-order valence-corrected chi connectivity index (χ2v) is 4.47. The minimum atomic E-state index is -0.515. The van der Waals surface area contributed by atoms with Crippen LogP contribution in [0.5, 0.6) is 0 Å². The molecule has 2 heterocycles. The van der Waals surface area contributed by atoms with Gasteiger partial charge in [0.15, 0.2) is 0 Å². The number of nitrogens with two attached hydrogens (primary N) is 1. The largest absolute Gasteiger partial charge is 0.343 e. The maximum atomic E-state index is 12.0. The van der Waals surface area contributed by atoms with Gasteiger partial charge in [-0.2, -0.15) is 0 Å². The normalized spacial score (nSPS) is 39.9. The second kappa shape index (κ2) is 3.48. The van der Waals surface area contributed by atoms with Crippen LogP contribution in [0.15, 0.2) is 0 Å². The molecule has 0 spiro atoms. The molecule has 2 amide bonds. The molecule has 15 heavy (non-hydrogen) atoms. The van der Waals surface area contributed by atoms with Gasteiger partial charge in [-0.25, -0.2) is 0 Å². The fraction of sp³-hybridized carbons (Fsp3) is 0.800. The number of amides is 2. The third kappa shape index (κ3) is 1.71. The van der Waals surface area contributed by atoms with Crippen LogP contribution in [0.25, 0.3) is 0 Å². The molecule has 0 aromatic carbocycles. The van der Waals surface area contributed by atoms with Crippen molar-refractivity contribution in [1.82, 2.24) is 10.2 Å². The Bertz CT molecular complexity index is 297. The van der Waals surface area contributed by atoms with Gasteiger partial charge in [0, 0.05) is 24.5 Å². The molecule has 2 fully saturated rings. The highest BCUT2D eigenvalue weighted by atomic mass is 16.2. The molecule has 0 radical (unpaired) electrons. The number of carbonyl (C=O) groups is 2. The highest BCUT2D eigenvalue weighted by Crippen LogP contribution is 2.28. The van der Waals surface area contributed by atoms with Crippen molar-refractivity contribution in [2.75, 3.05) is 0 Å². The van der Waals surface area contributed by atoms with Crippen LogP contribution in [0, 0.1) is 0 Å². The van der Waals surface area contributed by atoms with Gasteiger partial charge in [-0.1, -0.05) is 0 Å². The number of carbonyl (C=O) groups excluding carboxylic acids is 2. The smallest absolute Gasteiger partial charge is 0.247 e. The molecule has 0 aromatic rings. The zero-order chi connectivity index (χ0) is 11.2. The van der Waals surface area contributed by atoms with Crippen LogP contribution >= 0.6 is 0 Å². The maximum Gasteiger partial charge on any atom is 0.247 e. The van der Waals surface area contributed by atoms with Crippen molar-refractivity contribution in [3.8, 4) is 0 Å². The molecule has 0 aromatic heterocycles. The van der Waals surface area contributed by atoms with E-state index in [-0.39, 0.29) is 29.9 Å². The number of piperidine rings is 1. The molecule has 2 saturated heterocycles. The topological polar surface area (TPSA) is 75.2 Å². The first-order valence-corrected chi connectivity index (χ1v) is 5.39. The maximum absolute atomic E-state index is 12.0. The monoisotopic (exact) mass is 211 g/mol. The average molecular weight is 211 g/mol. The van der Waals surface area contributed by atoms with Gasteiger partial charge in [0.25, 0.3) is 0 Å².